The van der Waals surface area contributed by atoms with Crippen LogP contribution in [0.1, 0.15) is 31.4 Å². The van der Waals surface area contributed by atoms with Crippen LogP contribution < -0.4 is 9.47 Å². The van der Waals surface area contributed by atoms with Crippen molar-refractivity contribution in [1.29, 1.82) is 0 Å². The van der Waals surface area contributed by atoms with Gasteiger partial charge in [0.15, 0.2) is 11.5 Å². The van der Waals surface area contributed by atoms with Gasteiger partial charge in [0.2, 0.25) is 10.0 Å². The maximum atomic E-state index is 13.0. The van der Waals surface area contributed by atoms with Gasteiger partial charge >= 0.3 is 5.97 Å². The van der Waals surface area contributed by atoms with Crippen LogP contribution in [-0.4, -0.2) is 46.0 Å². The summed E-state index contributed by atoms with van der Waals surface area (Å²) in [6.07, 6.45) is 0.302. The van der Waals surface area contributed by atoms with Gasteiger partial charge in [-0.15, -0.1) is 0 Å². The number of rotatable bonds is 7. The summed E-state index contributed by atoms with van der Waals surface area (Å²) in [5, 5.41) is 0.540. The molecule has 168 valence electrons. The van der Waals surface area contributed by atoms with Crippen molar-refractivity contribution in [3.63, 3.8) is 0 Å². The largest absolute Gasteiger partial charge is 0.493 e. The molecule has 2 aromatic rings. The number of piperidine rings is 1. The first-order valence-corrected chi connectivity index (χ1v) is 11.8. The molecule has 7 nitrogen and oxygen atoms in total. The Morgan fingerprint density at radius 2 is 1.71 bits per heavy atom. The number of halogens is 1. The highest BCUT2D eigenvalue weighted by molar-refractivity contribution is 7.89. The summed E-state index contributed by atoms with van der Waals surface area (Å²) in [6.45, 7) is 2.24. The molecule has 31 heavy (non-hydrogen) atoms. The van der Waals surface area contributed by atoms with Crippen molar-refractivity contribution in [2.45, 2.75) is 30.8 Å². The first-order chi connectivity index (χ1) is 14.8. The van der Waals surface area contributed by atoms with E-state index >= 15 is 0 Å². The number of hydrogen-bond donors (Lipinski definition) is 0. The fourth-order valence-corrected chi connectivity index (χ4v) is 5.37. The minimum Gasteiger partial charge on any atom is -0.493 e. The summed E-state index contributed by atoms with van der Waals surface area (Å²) in [5.41, 5.74) is 0.742. The van der Waals surface area contributed by atoms with Gasteiger partial charge in [-0.1, -0.05) is 29.8 Å². The summed E-state index contributed by atoms with van der Waals surface area (Å²) < 4.78 is 43.4. The van der Waals surface area contributed by atoms with Crippen LogP contribution in [0.3, 0.4) is 0 Å². The van der Waals surface area contributed by atoms with E-state index in [0.29, 0.717) is 29.4 Å². The second-order valence-electron chi connectivity index (χ2n) is 7.30. The normalized spacial score (nSPS) is 16.5. The lowest BCUT2D eigenvalue weighted by atomic mass is 9.98. The number of sulfonamides is 1. The Labute approximate surface area is 187 Å². The van der Waals surface area contributed by atoms with Gasteiger partial charge in [0, 0.05) is 29.7 Å². The monoisotopic (exact) mass is 467 g/mol. The lowest BCUT2D eigenvalue weighted by Gasteiger charge is -2.31. The average Bonchev–Trinajstić information content (AvgIpc) is 2.78. The molecule has 0 aliphatic carbocycles. The Bertz CT molecular complexity index is 1030. The summed E-state index contributed by atoms with van der Waals surface area (Å²) >= 11 is 6.18. The molecule has 0 N–H and O–H groups in total. The second kappa shape index (κ2) is 9.89. The Morgan fingerprint density at radius 3 is 2.32 bits per heavy atom. The van der Waals surface area contributed by atoms with Crippen molar-refractivity contribution in [3.05, 3.63) is 53.1 Å². The Balaban J connectivity index is 1.63. The minimum absolute atomic E-state index is 0.124. The number of hydrogen-bond acceptors (Lipinski definition) is 6. The van der Waals surface area contributed by atoms with Gasteiger partial charge in [-0.05, 0) is 38.0 Å². The lowest BCUT2D eigenvalue weighted by Crippen LogP contribution is -2.40. The minimum atomic E-state index is -3.71. The number of carbonyl (C=O) groups is 1. The van der Waals surface area contributed by atoms with Crippen LogP contribution in [0.2, 0.25) is 5.02 Å². The zero-order valence-electron chi connectivity index (χ0n) is 17.7. The zero-order chi connectivity index (χ0) is 22.6. The highest BCUT2D eigenvalue weighted by Crippen LogP contribution is 2.33. The van der Waals surface area contributed by atoms with Crippen molar-refractivity contribution in [1.82, 2.24) is 4.31 Å². The Kier molecular flexibility index (Phi) is 7.46. The van der Waals surface area contributed by atoms with Crippen molar-refractivity contribution in [3.8, 4) is 11.5 Å². The molecule has 1 fully saturated rings. The van der Waals surface area contributed by atoms with E-state index in [1.165, 1.54) is 30.7 Å². The highest BCUT2D eigenvalue weighted by atomic mass is 35.5. The quantitative estimate of drug-likeness (QED) is 0.571. The maximum absolute atomic E-state index is 13.0. The summed E-state index contributed by atoms with van der Waals surface area (Å²) in [4.78, 5) is 12.7. The molecule has 0 saturated carbocycles. The fourth-order valence-electron chi connectivity index (χ4n) is 3.60. The molecule has 1 aliphatic rings. The second-order valence-corrected chi connectivity index (χ2v) is 9.64. The van der Waals surface area contributed by atoms with Gasteiger partial charge in [0.1, 0.15) is 6.10 Å². The van der Waals surface area contributed by atoms with Crippen molar-refractivity contribution >= 4 is 27.6 Å². The van der Waals surface area contributed by atoms with E-state index in [-0.39, 0.29) is 29.9 Å². The SMILES string of the molecule is COc1ccc(S(=O)(=O)N2CCC(C(=O)OC(C)c3ccccc3Cl)CC2)cc1OC. The molecule has 9 heteroatoms. The first-order valence-electron chi connectivity index (χ1n) is 9.95. The molecule has 0 radical (unpaired) electrons. The fraction of sp³-hybridized carbons (Fsp3) is 0.409. The van der Waals surface area contributed by atoms with Gasteiger partial charge in [-0.25, -0.2) is 8.42 Å². The third-order valence-electron chi connectivity index (χ3n) is 5.42. The molecule has 1 atom stereocenters. The van der Waals surface area contributed by atoms with Gasteiger partial charge in [-0.3, -0.25) is 4.79 Å². The van der Waals surface area contributed by atoms with E-state index in [2.05, 4.69) is 0 Å². The van der Waals surface area contributed by atoms with E-state index in [1.807, 2.05) is 18.2 Å². The average molecular weight is 468 g/mol. The van der Waals surface area contributed by atoms with Crippen LogP contribution in [0, 0.1) is 5.92 Å². The zero-order valence-corrected chi connectivity index (χ0v) is 19.3. The van der Waals surface area contributed by atoms with Gasteiger partial charge in [-0.2, -0.15) is 4.31 Å². The Hall–Kier alpha value is -2.29. The van der Waals surface area contributed by atoms with Crippen LogP contribution in [0.5, 0.6) is 11.5 Å². The summed E-state index contributed by atoms with van der Waals surface area (Å²) in [7, 11) is -0.770. The highest BCUT2D eigenvalue weighted by Gasteiger charge is 2.34. The third-order valence-corrected chi connectivity index (χ3v) is 7.66. The topological polar surface area (TPSA) is 82.1 Å². The predicted molar refractivity (Wildman–Crippen MR) is 117 cm³/mol. The maximum Gasteiger partial charge on any atom is 0.309 e. The molecule has 1 aliphatic heterocycles. The molecule has 0 aromatic heterocycles. The van der Waals surface area contributed by atoms with E-state index in [1.54, 1.807) is 19.1 Å². The molecule has 0 amide bonds. The summed E-state index contributed by atoms with van der Waals surface area (Å²) in [5.74, 6) is 0.100. The standard InChI is InChI=1S/C22H26ClNO6S/c1-15(18-6-4-5-7-19(18)23)30-22(25)16-10-12-24(13-11-16)31(26,27)17-8-9-20(28-2)21(14-17)29-3/h4-9,14-16H,10-13H2,1-3H3. The van der Waals surface area contributed by atoms with E-state index in [4.69, 9.17) is 25.8 Å². The van der Waals surface area contributed by atoms with Crippen LogP contribution in [-0.2, 0) is 19.6 Å². The molecule has 3 rings (SSSR count). The molecule has 2 aromatic carbocycles. The van der Waals surface area contributed by atoms with E-state index in [9.17, 15) is 13.2 Å². The number of benzene rings is 2. The number of methoxy groups -OCH3 is 2. The van der Waals surface area contributed by atoms with Crippen LogP contribution in [0.4, 0.5) is 0 Å². The molecule has 1 saturated heterocycles. The summed E-state index contributed by atoms with van der Waals surface area (Å²) in [6, 6.07) is 11.7. The van der Waals surface area contributed by atoms with E-state index < -0.39 is 16.1 Å². The van der Waals surface area contributed by atoms with Crippen LogP contribution in [0.15, 0.2) is 47.4 Å². The number of nitrogens with zero attached hydrogens (tertiary/aromatic N) is 1. The number of carbonyl (C=O) groups excluding carboxylic acids is 1. The molecular weight excluding hydrogens is 442 g/mol. The van der Waals surface area contributed by atoms with Crippen molar-refractivity contribution in [2.75, 3.05) is 27.3 Å². The molecule has 1 unspecified atom stereocenters. The molecule has 1 heterocycles. The Morgan fingerprint density at radius 1 is 1.06 bits per heavy atom. The molecule has 0 spiro atoms. The van der Waals surface area contributed by atoms with Gasteiger partial charge in [0.05, 0.1) is 25.0 Å². The van der Waals surface area contributed by atoms with Gasteiger partial charge in [0.25, 0.3) is 0 Å². The van der Waals surface area contributed by atoms with Crippen LogP contribution in [0.25, 0.3) is 0 Å². The van der Waals surface area contributed by atoms with Crippen molar-refractivity contribution < 1.29 is 27.4 Å². The molecule has 0 bridgehead atoms. The molecular formula is C22H26ClNO6S. The van der Waals surface area contributed by atoms with Crippen molar-refractivity contribution in [2.24, 2.45) is 5.92 Å². The third kappa shape index (κ3) is 5.14. The lowest BCUT2D eigenvalue weighted by molar-refractivity contribution is -0.154. The predicted octanol–water partition coefficient (Wildman–Crippen LogP) is 4.06. The van der Waals surface area contributed by atoms with E-state index in [0.717, 1.165) is 5.56 Å². The number of esters is 1. The van der Waals surface area contributed by atoms with Gasteiger partial charge < -0.3 is 14.2 Å². The smallest absolute Gasteiger partial charge is 0.309 e. The number of ether oxygens (including phenoxy) is 3. The first kappa shape index (κ1) is 23.4. The van der Waals surface area contributed by atoms with Crippen LogP contribution >= 0.6 is 11.6 Å².